The van der Waals surface area contributed by atoms with Crippen LogP contribution in [0, 0.1) is 19.3 Å². The summed E-state index contributed by atoms with van der Waals surface area (Å²) < 4.78 is 7.71. The first-order chi connectivity index (χ1) is 14.7. The number of ether oxygens (including phenoxy) is 1. The minimum Gasteiger partial charge on any atom is -0.439 e. The van der Waals surface area contributed by atoms with Crippen molar-refractivity contribution in [3.8, 4) is 17.4 Å². The second-order valence-electron chi connectivity index (χ2n) is 7.71. The van der Waals surface area contributed by atoms with Gasteiger partial charge in [-0.15, -0.1) is 0 Å². The van der Waals surface area contributed by atoms with Crippen molar-refractivity contribution in [3.63, 3.8) is 0 Å². The molecule has 0 atom stereocenters. The molecule has 4 N–H and O–H groups in total. The Bertz CT molecular complexity index is 1080. The molecule has 9 heteroatoms. The molecule has 0 spiro atoms. The highest BCUT2D eigenvalue weighted by molar-refractivity contribution is 5.80. The molecule has 0 bridgehead atoms. The summed E-state index contributed by atoms with van der Waals surface area (Å²) in [6, 6.07) is 11.0. The molecule has 9 nitrogen and oxygen atoms in total. The van der Waals surface area contributed by atoms with Crippen LogP contribution in [0.15, 0.2) is 54.5 Å². The maximum absolute atomic E-state index is 9.78. The molecule has 0 unspecified atom stereocenters. The van der Waals surface area contributed by atoms with Gasteiger partial charge in [-0.25, -0.2) is 9.97 Å². The molecule has 3 rings (SSSR count). The molecule has 3 aromatic heterocycles. The smallest absolute Gasteiger partial charge is 0.224 e. The fourth-order valence-corrected chi connectivity index (χ4v) is 2.70. The number of allylic oxidation sites excluding steroid dienone is 1. The van der Waals surface area contributed by atoms with E-state index in [1.807, 2.05) is 38.1 Å². The zero-order chi connectivity index (χ0) is 22.4. The second kappa shape index (κ2) is 9.40. The van der Waals surface area contributed by atoms with Crippen molar-refractivity contribution in [1.29, 1.82) is 5.41 Å². The van der Waals surface area contributed by atoms with Gasteiger partial charge < -0.3 is 25.9 Å². The van der Waals surface area contributed by atoms with Crippen LogP contribution in [0.4, 0.5) is 5.82 Å². The van der Waals surface area contributed by atoms with Gasteiger partial charge in [0.2, 0.25) is 5.88 Å². The average molecular weight is 422 g/mol. The average Bonchev–Trinajstić information content (AvgIpc) is 3.06. The van der Waals surface area contributed by atoms with E-state index in [2.05, 4.69) is 25.7 Å². The van der Waals surface area contributed by atoms with Crippen molar-refractivity contribution in [2.24, 2.45) is 0 Å². The lowest BCUT2D eigenvalue weighted by Crippen LogP contribution is -2.32. The van der Waals surface area contributed by atoms with Crippen molar-refractivity contribution >= 4 is 12.0 Å². The second-order valence-corrected chi connectivity index (χ2v) is 7.71. The van der Waals surface area contributed by atoms with Crippen molar-refractivity contribution in [3.05, 3.63) is 65.9 Å². The van der Waals surface area contributed by atoms with Crippen LogP contribution in [0.1, 0.15) is 25.2 Å². The standard InChI is InChI=1S/C22H27N7O2/c1-15-6-5-7-20(26-15)29-21(10-16(2)28-29)31-18-8-9-25-19(11-18)27-17(12-23)13-24-14-22(3,4)30/h5-13,23-24,30H,14H2,1-4H3,(H,25,27)/b17-13+,23-12?. The number of rotatable bonds is 9. The third-order valence-corrected chi connectivity index (χ3v) is 4.06. The first kappa shape index (κ1) is 22.0. The highest BCUT2D eigenvalue weighted by atomic mass is 16.5. The zero-order valence-corrected chi connectivity index (χ0v) is 18.0. The van der Waals surface area contributed by atoms with Gasteiger partial charge in [0.25, 0.3) is 0 Å². The molecule has 0 amide bonds. The molecule has 0 aliphatic carbocycles. The van der Waals surface area contributed by atoms with Crippen LogP contribution in [-0.2, 0) is 0 Å². The predicted molar refractivity (Wildman–Crippen MR) is 120 cm³/mol. The fraction of sp³-hybridized carbons (Fsp3) is 0.273. The van der Waals surface area contributed by atoms with Crippen LogP contribution in [0.25, 0.3) is 5.82 Å². The summed E-state index contributed by atoms with van der Waals surface area (Å²) in [6.45, 7) is 7.56. The van der Waals surface area contributed by atoms with Gasteiger partial charge >= 0.3 is 0 Å². The third-order valence-electron chi connectivity index (χ3n) is 4.06. The highest BCUT2D eigenvalue weighted by Crippen LogP contribution is 2.26. The molecule has 3 aromatic rings. The Morgan fingerprint density at radius 3 is 2.74 bits per heavy atom. The minimum absolute atomic E-state index is 0.346. The van der Waals surface area contributed by atoms with E-state index < -0.39 is 5.60 Å². The Morgan fingerprint density at radius 2 is 2.03 bits per heavy atom. The molecule has 3 heterocycles. The number of hydrogen-bond acceptors (Lipinski definition) is 8. The topological polar surface area (TPSA) is 121 Å². The van der Waals surface area contributed by atoms with Crippen LogP contribution < -0.4 is 15.4 Å². The van der Waals surface area contributed by atoms with Crippen molar-refractivity contribution in [1.82, 2.24) is 25.1 Å². The summed E-state index contributed by atoms with van der Waals surface area (Å²) in [4.78, 5) is 8.79. The Morgan fingerprint density at radius 1 is 1.23 bits per heavy atom. The van der Waals surface area contributed by atoms with Crippen LogP contribution in [0.3, 0.4) is 0 Å². The lowest BCUT2D eigenvalue weighted by Gasteiger charge is -2.17. The lowest BCUT2D eigenvalue weighted by atomic mass is 10.1. The summed E-state index contributed by atoms with van der Waals surface area (Å²) in [5.41, 5.74) is 1.32. The fourth-order valence-electron chi connectivity index (χ4n) is 2.70. The number of nitrogens with one attached hydrogen (secondary N) is 3. The first-order valence-corrected chi connectivity index (χ1v) is 9.81. The van der Waals surface area contributed by atoms with Gasteiger partial charge in [-0.1, -0.05) is 6.07 Å². The Balaban J connectivity index is 1.77. The van der Waals surface area contributed by atoms with Crippen LogP contribution in [0.5, 0.6) is 11.6 Å². The first-order valence-electron chi connectivity index (χ1n) is 9.81. The maximum atomic E-state index is 9.78. The summed E-state index contributed by atoms with van der Waals surface area (Å²) in [7, 11) is 0. The quantitative estimate of drug-likeness (QED) is 0.391. The van der Waals surface area contributed by atoms with Crippen LogP contribution in [-0.4, -0.2) is 43.2 Å². The summed E-state index contributed by atoms with van der Waals surface area (Å²) in [5, 5.41) is 27.9. The number of aromatic nitrogens is 4. The van der Waals surface area contributed by atoms with Gasteiger partial charge in [0, 0.05) is 43.0 Å². The number of nitrogens with zero attached hydrogens (tertiary/aromatic N) is 4. The number of aliphatic hydroxyl groups is 1. The Kier molecular flexibility index (Phi) is 6.66. The Hall–Kier alpha value is -3.72. The molecule has 0 radical (unpaired) electrons. The van der Waals surface area contributed by atoms with E-state index in [9.17, 15) is 5.11 Å². The molecular weight excluding hydrogens is 394 g/mol. The van der Waals surface area contributed by atoms with Crippen molar-refractivity contribution in [2.75, 3.05) is 11.9 Å². The largest absolute Gasteiger partial charge is 0.439 e. The van der Waals surface area contributed by atoms with E-state index in [1.54, 1.807) is 43.1 Å². The summed E-state index contributed by atoms with van der Waals surface area (Å²) in [6.07, 6.45) is 4.39. The molecule has 162 valence electrons. The molecule has 0 fully saturated rings. The van der Waals surface area contributed by atoms with Gasteiger partial charge in [-0.3, -0.25) is 0 Å². The van der Waals surface area contributed by atoms with Crippen molar-refractivity contribution < 1.29 is 9.84 Å². The van der Waals surface area contributed by atoms with Crippen LogP contribution >= 0.6 is 0 Å². The monoisotopic (exact) mass is 421 g/mol. The van der Waals surface area contributed by atoms with E-state index in [1.165, 1.54) is 0 Å². The van der Waals surface area contributed by atoms with E-state index in [0.717, 1.165) is 17.6 Å². The normalized spacial score (nSPS) is 11.8. The SMILES string of the molecule is Cc1cccc(-n2nc(C)cc2Oc2ccnc(N/C(C=N)=C/NCC(C)(C)O)c2)n1. The summed E-state index contributed by atoms with van der Waals surface area (Å²) in [5.74, 6) is 2.26. The van der Waals surface area contributed by atoms with E-state index in [-0.39, 0.29) is 0 Å². The molecule has 0 aromatic carbocycles. The van der Waals surface area contributed by atoms with Gasteiger partial charge in [0.1, 0.15) is 11.6 Å². The third kappa shape index (κ3) is 6.38. The molecule has 31 heavy (non-hydrogen) atoms. The van der Waals surface area contributed by atoms with Gasteiger partial charge in [0.05, 0.1) is 17.0 Å². The van der Waals surface area contributed by atoms with E-state index in [4.69, 9.17) is 10.1 Å². The van der Waals surface area contributed by atoms with Gasteiger partial charge in [-0.05, 0) is 45.9 Å². The molecule has 0 aliphatic rings. The van der Waals surface area contributed by atoms with Gasteiger partial charge in [0.15, 0.2) is 5.82 Å². The molecule has 0 saturated heterocycles. The summed E-state index contributed by atoms with van der Waals surface area (Å²) >= 11 is 0. The van der Waals surface area contributed by atoms with E-state index in [0.29, 0.717) is 35.5 Å². The molecule has 0 aliphatic heterocycles. The number of aryl methyl sites for hydroxylation is 2. The predicted octanol–water partition coefficient (Wildman–Crippen LogP) is 3.33. The zero-order valence-electron chi connectivity index (χ0n) is 18.0. The van der Waals surface area contributed by atoms with Crippen LogP contribution in [0.2, 0.25) is 0 Å². The van der Waals surface area contributed by atoms with E-state index >= 15 is 0 Å². The Labute approximate surface area is 181 Å². The maximum Gasteiger partial charge on any atom is 0.224 e. The number of pyridine rings is 2. The lowest BCUT2D eigenvalue weighted by molar-refractivity contribution is 0.0835. The van der Waals surface area contributed by atoms with Crippen molar-refractivity contribution in [2.45, 2.75) is 33.3 Å². The highest BCUT2D eigenvalue weighted by Gasteiger charge is 2.12. The van der Waals surface area contributed by atoms with Gasteiger partial charge in [-0.2, -0.15) is 9.78 Å². The number of anilines is 1. The molecule has 0 saturated carbocycles. The minimum atomic E-state index is -0.858. The number of hydrogen-bond donors (Lipinski definition) is 4. The molecular formula is C22H27N7O2.